The number of aromatic nitrogens is 4. The molecule has 1 aliphatic rings. The molecule has 0 spiro atoms. The third-order valence-electron chi connectivity index (χ3n) is 5.66. The van der Waals surface area contributed by atoms with Gasteiger partial charge < -0.3 is 20.8 Å². The molecule has 3 N–H and O–H groups in total. The molecule has 1 atom stereocenters. The highest BCUT2D eigenvalue weighted by molar-refractivity contribution is 5.94. The minimum Gasteiger partial charge on any atom is -0.398 e. The maximum atomic E-state index is 7.84. The highest BCUT2D eigenvalue weighted by Crippen LogP contribution is 2.32. The second kappa shape index (κ2) is 7.87. The monoisotopic (exact) mass is 405 g/mol. The van der Waals surface area contributed by atoms with Crippen LogP contribution in [0.4, 0.5) is 11.5 Å². The van der Waals surface area contributed by atoms with Crippen LogP contribution in [0.2, 0.25) is 0 Å². The summed E-state index contributed by atoms with van der Waals surface area (Å²) in [5.41, 5.74) is 11.8. The van der Waals surface area contributed by atoms with Gasteiger partial charge >= 0.3 is 0 Å². The SMILES string of the molecule is Cc1nn(C)c(C)c1-c1cc(N2CCOC[C@H]2C)nc(-c2cccc(N)c2C=N)n1. The summed E-state index contributed by atoms with van der Waals surface area (Å²) in [6, 6.07) is 7.79. The minimum absolute atomic E-state index is 0.202. The van der Waals surface area contributed by atoms with Gasteiger partial charge in [0.2, 0.25) is 0 Å². The smallest absolute Gasteiger partial charge is 0.162 e. The van der Waals surface area contributed by atoms with Crippen LogP contribution in [0.1, 0.15) is 23.9 Å². The number of nitrogens with zero attached hydrogens (tertiary/aromatic N) is 5. The molecule has 156 valence electrons. The Labute approximate surface area is 176 Å². The largest absolute Gasteiger partial charge is 0.398 e. The van der Waals surface area contributed by atoms with Crippen LogP contribution in [0.25, 0.3) is 22.6 Å². The van der Waals surface area contributed by atoms with E-state index in [1.165, 1.54) is 6.21 Å². The lowest BCUT2D eigenvalue weighted by atomic mass is 10.0. The van der Waals surface area contributed by atoms with Crippen molar-refractivity contribution in [3.8, 4) is 22.6 Å². The number of hydrogen-bond acceptors (Lipinski definition) is 7. The van der Waals surface area contributed by atoms with Gasteiger partial charge in [-0.05, 0) is 26.8 Å². The Balaban J connectivity index is 1.96. The molecular weight excluding hydrogens is 378 g/mol. The van der Waals surface area contributed by atoms with E-state index in [0.717, 1.165) is 40.6 Å². The minimum atomic E-state index is 0.202. The maximum Gasteiger partial charge on any atom is 0.162 e. The summed E-state index contributed by atoms with van der Waals surface area (Å²) < 4.78 is 7.48. The van der Waals surface area contributed by atoms with Crippen LogP contribution in [0.3, 0.4) is 0 Å². The van der Waals surface area contributed by atoms with Crippen molar-refractivity contribution in [1.82, 2.24) is 19.7 Å². The molecule has 0 saturated carbocycles. The number of nitrogens with one attached hydrogen (secondary N) is 1. The summed E-state index contributed by atoms with van der Waals surface area (Å²) in [5, 5.41) is 12.4. The van der Waals surface area contributed by atoms with Crippen LogP contribution in [-0.2, 0) is 11.8 Å². The van der Waals surface area contributed by atoms with E-state index >= 15 is 0 Å². The molecule has 3 aromatic rings. The second-order valence-electron chi connectivity index (χ2n) is 7.67. The molecule has 8 heteroatoms. The normalized spacial score (nSPS) is 16.7. The van der Waals surface area contributed by atoms with Crippen LogP contribution < -0.4 is 10.6 Å². The van der Waals surface area contributed by atoms with E-state index in [4.69, 9.17) is 25.8 Å². The van der Waals surface area contributed by atoms with Crippen molar-refractivity contribution in [3.05, 3.63) is 41.2 Å². The average molecular weight is 406 g/mol. The summed E-state index contributed by atoms with van der Waals surface area (Å²) in [5.74, 6) is 1.39. The number of benzene rings is 1. The number of aryl methyl sites for hydroxylation is 2. The molecule has 0 unspecified atom stereocenters. The topological polar surface area (TPSA) is 106 Å². The summed E-state index contributed by atoms with van der Waals surface area (Å²) >= 11 is 0. The highest BCUT2D eigenvalue weighted by Gasteiger charge is 2.24. The Morgan fingerprint density at radius 3 is 2.73 bits per heavy atom. The Hall–Kier alpha value is -3.26. The Morgan fingerprint density at radius 2 is 2.07 bits per heavy atom. The molecule has 3 heterocycles. The molecule has 0 aliphatic carbocycles. The molecule has 2 aromatic heterocycles. The van der Waals surface area contributed by atoms with Gasteiger partial charge in [0.1, 0.15) is 5.82 Å². The van der Waals surface area contributed by atoms with Crippen molar-refractivity contribution in [1.29, 1.82) is 5.41 Å². The predicted octanol–water partition coefficient (Wildman–Crippen LogP) is 2.97. The third-order valence-corrected chi connectivity index (χ3v) is 5.66. The van der Waals surface area contributed by atoms with Crippen LogP contribution in [0.5, 0.6) is 0 Å². The molecule has 1 saturated heterocycles. The molecule has 30 heavy (non-hydrogen) atoms. The van der Waals surface area contributed by atoms with Crippen molar-refractivity contribution in [3.63, 3.8) is 0 Å². The van der Waals surface area contributed by atoms with Gasteiger partial charge in [0, 0.05) is 53.9 Å². The van der Waals surface area contributed by atoms with E-state index in [1.54, 1.807) is 6.07 Å². The average Bonchev–Trinajstić information content (AvgIpc) is 2.99. The van der Waals surface area contributed by atoms with Crippen molar-refractivity contribution in [2.24, 2.45) is 7.05 Å². The van der Waals surface area contributed by atoms with Crippen LogP contribution in [0, 0.1) is 19.3 Å². The summed E-state index contributed by atoms with van der Waals surface area (Å²) in [7, 11) is 1.93. The van der Waals surface area contributed by atoms with Gasteiger partial charge in [-0.1, -0.05) is 12.1 Å². The zero-order valence-corrected chi connectivity index (χ0v) is 17.8. The first kappa shape index (κ1) is 20.0. The molecular formula is C22H27N7O. The molecule has 0 radical (unpaired) electrons. The lowest BCUT2D eigenvalue weighted by molar-refractivity contribution is 0.0985. The number of morpholine rings is 1. The van der Waals surface area contributed by atoms with Gasteiger partial charge in [-0.15, -0.1) is 0 Å². The van der Waals surface area contributed by atoms with Crippen LogP contribution in [-0.4, -0.2) is 51.8 Å². The molecule has 1 aliphatic heterocycles. The van der Waals surface area contributed by atoms with Crippen LogP contribution in [0.15, 0.2) is 24.3 Å². The number of anilines is 2. The lowest BCUT2D eigenvalue weighted by Gasteiger charge is -2.34. The van der Waals surface area contributed by atoms with E-state index < -0.39 is 0 Å². The standard InChI is InChI=1S/C22H27N7O/c1-13-12-30-9-8-29(13)20-10-19(21-14(2)27-28(4)15(21)3)25-22(26-20)16-6-5-7-18(24)17(16)11-23/h5-7,10-11,13,23H,8-9,12,24H2,1-4H3/t13-/m1/s1. The molecule has 1 fully saturated rings. The predicted molar refractivity (Wildman–Crippen MR) is 119 cm³/mol. The first-order valence-electron chi connectivity index (χ1n) is 10.0. The van der Waals surface area contributed by atoms with Gasteiger partial charge in [-0.25, -0.2) is 9.97 Å². The number of nitrogens with two attached hydrogens (primary N) is 1. The fourth-order valence-corrected chi connectivity index (χ4v) is 3.98. The molecule has 4 rings (SSSR count). The second-order valence-corrected chi connectivity index (χ2v) is 7.67. The van der Waals surface area contributed by atoms with Crippen LogP contribution >= 0.6 is 0 Å². The Bertz CT molecular complexity index is 1110. The highest BCUT2D eigenvalue weighted by atomic mass is 16.5. The Morgan fingerprint density at radius 1 is 1.27 bits per heavy atom. The Kier molecular flexibility index (Phi) is 5.26. The van der Waals surface area contributed by atoms with Crippen molar-refractivity contribution in [2.75, 3.05) is 30.4 Å². The van der Waals surface area contributed by atoms with Crippen molar-refractivity contribution in [2.45, 2.75) is 26.8 Å². The molecule has 1 aromatic carbocycles. The van der Waals surface area contributed by atoms with Gasteiger partial charge in [0.25, 0.3) is 0 Å². The summed E-state index contributed by atoms with van der Waals surface area (Å²) in [4.78, 5) is 12.0. The zero-order chi connectivity index (χ0) is 21.4. The maximum absolute atomic E-state index is 7.84. The molecule has 0 amide bonds. The third kappa shape index (κ3) is 3.43. The van der Waals surface area contributed by atoms with Gasteiger partial charge in [-0.3, -0.25) is 4.68 Å². The summed E-state index contributed by atoms with van der Waals surface area (Å²) in [6.45, 7) is 8.24. The lowest BCUT2D eigenvalue weighted by Crippen LogP contribution is -2.44. The van der Waals surface area contributed by atoms with E-state index in [-0.39, 0.29) is 6.04 Å². The number of ether oxygens (including phenoxy) is 1. The van der Waals surface area contributed by atoms with E-state index in [2.05, 4.69) is 16.9 Å². The van der Waals surface area contributed by atoms with E-state index in [9.17, 15) is 0 Å². The molecule has 8 nitrogen and oxygen atoms in total. The molecule has 0 bridgehead atoms. The van der Waals surface area contributed by atoms with E-state index in [1.807, 2.05) is 43.8 Å². The van der Waals surface area contributed by atoms with Gasteiger partial charge in [-0.2, -0.15) is 5.10 Å². The van der Waals surface area contributed by atoms with Crippen molar-refractivity contribution < 1.29 is 4.74 Å². The van der Waals surface area contributed by atoms with Gasteiger partial charge in [0.05, 0.1) is 30.6 Å². The first-order valence-corrected chi connectivity index (χ1v) is 10.0. The van der Waals surface area contributed by atoms with Crippen molar-refractivity contribution >= 4 is 17.7 Å². The fraction of sp³-hybridized carbons (Fsp3) is 0.364. The quantitative estimate of drug-likeness (QED) is 0.511. The zero-order valence-electron chi connectivity index (χ0n) is 17.8. The number of hydrogen-bond donors (Lipinski definition) is 2. The number of nitrogen functional groups attached to an aromatic ring is 1. The summed E-state index contributed by atoms with van der Waals surface area (Å²) in [6.07, 6.45) is 1.26. The first-order chi connectivity index (χ1) is 14.4. The van der Waals surface area contributed by atoms with Gasteiger partial charge in [0.15, 0.2) is 5.82 Å². The number of rotatable bonds is 4. The van der Waals surface area contributed by atoms with E-state index in [0.29, 0.717) is 30.3 Å². The fourth-order valence-electron chi connectivity index (χ4n) is 3.98.